The van der Waals surface area contributed by atoms with Crippen LogP contribution in [0.1, 0.15) is 42.4 Å². The molecule has 0 unspecified atom stereocenters. The van der Waals surface area contributed by atoms with Crippen molar-refractivity contribution < 1.29 is 32.6 Å². The lowest BCUT2D eigenvalue weighted by Crippen LogP contribution is -2.45. The molecular formula is C29H29F2N5O5. The van der Waals surface area contributed by atoms with Crippen molar-refractivity contribution in [2.24, 2.45) is 5.73 Å². The molecule has 6 rings (SSSR count). The van der Waals surface area contributed by atoms with Crippen molar-refractivity contribution in [3.8, 4) is 22.9 Å². The fraction of sp³-hybridized carbons (Fsp3) is 0.379. The molecule has 1 atom stereocenters. The largest absolute Gasteiger partial charge is 0.493 e. The third-order valence-corrected chi connectivity index (χ3v) is 7.99. The van der Waals surface area contributed by atoms with Crippen LogP contribution < -0.4 is 20.1 Å². The summed E-state index contributed by atoms with van der Waals surface area (Å²) in [6.07, 6.45) is 9.00. The smallest absolute Gasteiger partial charge is 0.241 e. The number of hydrogen-bond acceptors (Lipinski definition) is 7. The number of fused-ring (bicyclic) bond motifs is 2. The minimum absolute atomic E-state index is 0.00574. The molecule has 2 N–H and O–H groups in total. The molecule has 4 heterocycles. The lowest BCUT2D eigenvalue weighted by Gasteiger charge is -2.35. The van der Waals surface area contributed by atoms with Crippen LogP contribution in [-0.2, 0) is 32.8 Å². The second-order valence-electron chi connectivity index (χ2n) is 10.5. The van der Waals surface area contributed by atoms with Crippen molar-refractivity contribution in [2.75, 3.05) is 25.7 Å². The van der Waals surface area contributed by atoms with E-state index in [1.54, 1.807) is 23.2 Å². The highest BCUT2D eigenvalue weighted by atomic mass is 19.1. The number of benzene rings is 1. The van der Waals surface area contributed by atoms with Gasteiger partial charge in [-0.15, -0.1) is 0 Å². The number of ether oxygens (including phenoxy) is 3. The van der Waals surface area contributed by atoms with Crippen LogP contribution in [0.4, 0.5) is 14.5 Å². The van der Waals surface area contributed by atoms with Gasteiger partial charge in [-0.25, -0.2) is 8.78 Å². The highest BCUT2D eigenvalue weighted by Gasteiger charge is 2.57. The number of amides is 2. The Morgan fingerprint density at radius 1 is 1.20 bits per heavy atom. The first-order chi connectivity index (χ1) is 19.8. The van der Waals surface area contributed by atoms with E-state index >= 15 is 8.78 Å². The summed E-state index contributed by atoms with van der Waals surface area (Å²) in [4.78, 5) is 31.2. The zero-order valence-electron chi connectivity index (χ0n) is 22.7. The van der Waals surface area contributed by atoms with E-state index < -0.39 is 34.6 Å². The van der Waals surface area contributed by atoms with Gasteiger partial charge >= 0.3 is 0 Å². The molecule has 41 heavy (non-hydrogen) atoms. The molecule has 3 aliphatic rings. The van der Waals surface area contributed by atoms with Gasteiger partial charge in [0.15, 0.2) is 23.1 Å². The molecule has 2 aliphatic heterocycles. The van der Waals surface area contributed by atoms with Gasteiger partial charge < -0.3 is 24.8 Å². The van der Waals surface area contributed by atoms with Gasteiger partial charge in [-0.1, -0.05) is 0 Å². The van der Waals surface area contributed by atoms with E-state index in [9.17, 15) is 9.59 Å². The Balaban J connectivity index is 1.43. The molecule has 1 saturated carbocycles. The van der Waals surface area contributed by atoms with Gasteiger partial charge in [0.2, 0.25) is 11.8 Å². The Bertz CT molecular complexity index is 1550. The highest BCUT2D eigenvalue weighted by molar-refractivity contribution is 6.05. The Labute approximate surface area is 234 Å². The normalized spacial score (nSPS) is 19.2. The summed E-state index contributed by atoms with van der Waals surface area (Å²) in [6, 6.07) is 2.96. The van der Waals surface area contributed by atoms with Gasteiger partial charge in [0.25, 0.3) is 0 Å². The van der Waals surface area contributed by atoms with Crippen LogP contribution in [0, 0.1) is 11.6 Å². The quantitative estimate of drug-likeness (QED) is 0.415. The molecule has 12 heteroatoms. The zero-order chi connectivity index (χ0) is 28.9. The van der Waals surface area contributed by atoms with Gasteiger partial charge in [-0.2, -0.15) is 5.10 Å². The minimum Gasteiger partial charge on any atom is -0.493 e. The SMILES string of the molecule is COc1cc(OC)c(F)c(N2Cc3cnc(-c4c(C=CC(N)=O)cnn4C[C@@H]4CCCO4)cc3C3(CC3)C2=O)c1F. The second-order valence-corrected chi connectivity index (χ2v) is 10.5. The number of hydrogen-bond donors (Lipinski definition) is 1. The first-order valence-electron chi connectivity index (χ1n) is 13.3. The summed E-state index contributed by atoms with van der Waals surface area (Å²) >= 11 is 0. The topological polar surface area (TPSA) is 122 Å². The van der Waals surface area contributed by atoms with Gasteiger partial charge in [-0.3, -0.25) is 19.3 Å². The van der Waals surface area contributed by atoms with Gasteiger partial charge in [-0.05, 0) is 49.0 Å². The van der Waals surface area contributed by atoms with E-state index in [4.69, 9.17) is 19.9 Å². The van der Waals surface area contributed by atoms with Crippen LogP contribution in [0.5, 0.6) is 11.5 Å². The number of methoxy groups -OCH3 is 2. The molecule has 1 aliphatic carbocycles. The van der Waals surface area contributed by atoms with Crippen molar-refractivity contribution >= 4 is 23.6 Å². The third kappa shape index (κ3) is 4.51. The minimum atomic E-state index is -0.980. The molecule has 0 bridgehead atoms. The van der Waals surface area contributed by atoms with Gasteiger partial charge in [0, 0.05) is 30.5 Å². The highest BCUT2D eigenvalue weighted by Crippen LogP contribution is 2.55. The molecular weight excluding hydrogens is 536 g/mol. The molecule has 2 aromatic heterocycles. The number of halogens is 2. The summed E-state index contributed by atoms with van der Waals surface area (Å²) in [7, 11) is 2.52. The number of aromatic nitrogens is 3. The molecule has 10 nitrogen and oxygen atoms in total. The van der Waals surface area contributed by atoms with E-state index in [0.29, 0.717) is 48.5 Å². The summed E-state index contributed by atoms with van der Waals surface area (Å²) < 4.78 is 48.6. The number of nitrogens with zero attached hydrogens (tertiary/aromatic N) is 4. The fourth-order valence-electron chi connectivity index (χ4n) is 5.79. The van der Waals surface area contributed by atoms with Gasteiger partial charge in [0.05, 0.1) is 56.4 Å². The fourth-order valence-corrected chi connectivity index (χ4v) is 5.79. The summed E-state index contributed by atoms with van der Waals surface area (Å²) in [5, 5.41) is 4.53. The number of nitrogens with two attached hydrogens (primary N) is 1. The number of rotatable bonds is 8. The lowest BCUT2D eigenvalue weighted by molar-refractivity contribution is -0.121. The van der Waals surface area contributed by atoms with E-state index in [0.717, 1.165) is 29.4 Å². The molecule has 214 valence electrons. The first-order valence-corrected chi connectivity index (χ1v) is 13.3. The van der Waals surface area contributed by atoms with Crippen LogP contribution in [0.2, 0.25) is 0 Å². The molecule has 3 aromatic rings. The Morgan fingerprint density at radius 3 is 2.54 bits per heavy atom. The maximum absolute atomic E-state index is 15.4. The standard InChI is InChI=1S/C29H29F2N5O5/c1-39-21-11-22(40-2)25(31)27(24(21)30)35-14-17-12-33-20(10-19(17)29(7-8-29)28(35)38)26-16(5-6-23(32)37)13-34-36(26)15-18-4-3-9-41-18/h5-6,10-13,18H,3-4,7-9,14-15H2,1-2H3,(H2,32,37)/t18-/m0/s1. The molecule has 0 radical (unpaired) electrons. The second kappa shape index (κ2) is 10.3. The monoisotopic (exact) mass is 565 g/mol. The maximum Gasteiger partial charge on any atom is 0.241 e. The third-order valence-electron chi connectivity index (χ3n) is 7.99. The summed E-state index contributed by atoms with van der Waals surface area (Å²) in [6.45, 7) is 1.10. The van der Waals surface area contributed by atoms with Crippen LogP contribution in [0.15, 0.2) is 30.6 Å². The van der Waals surface area contributed by atoms with Crippen LogP contribution >= 0.6 is 0 Å². The van der Waals surface area contributed by atoms with E-state index in [1.807, 2.05) is 6.07 Å². The van der Waals surface area contributed by atoms with Crippen molar-refractivity contribution in [1.82, 2.24) is 14.8 Å². The number of pyridine rings is 1. The van der Waals surface area contributed by atoms with Crippen LogP contribution in [-0.4, -0.2) is 53.5 Å². The van der Waals surface area contributed by atoms with Crippen LogP contribution in [0.25, 0.3) is 17.5 Å². The van der Waals surface area contributed by atoms with Crippen molar-refractivity contribution in [2.45, 2.75) is 50.3 Å². The Hall–Kier alpha value is -4.32. The Morgan fingerprint density at radius 2 is 1.93 bits per heavy atom. The molecule has 2 amide bonds. The average molecular weight is 566 g/mol. The number of carbonyl (C=O) groups excluding carboxylic acids is 2. The molecule has 1 aromatic carbocycles. The van der Waals surface area contributed by atoms with E-state index in [2.05, 4.69) is 10.1 Å². The van der Waals surface area contributed by atoms with Crippen molar-refractivity contribution in [3.63, 3.8) is 0 Å². The summed E-state index contributed by atoms with van der Waals surface area (Å²) in [5.41, 5.74) is 7.15. The number of primary amides is 1. The average Bonchev–Trinajstić information content (AvgIpc) is 3.39. The first kappa shape index (κ1) is 26.9. The lowest BCUT2D eigenvalue weighted by atomic mass is 9.86. The Kier molecular flexibility index (Phi) is 6.72. The zero-order valence-corrected chi connectivity index (χ0v) is 22.7. The molecule has 2 fully saturated rings. The number of anilines is 1. The van der Waals surface area contributed by atoms with Crippen LogP contribution in [0.3, 0.4) is 0 Å². The number of carbonyl (C=O) groups is 2. The molecule has 1 saturated heterocycles. The molecule has 1 spiro atoms. The summed E-state index contributed by atoms with van der Waals surface area (Å²) in [5.74, 6) is -3.43. The van der Waals surface area contributed by atoms with Crippen molar-refractivity contribution in [3.05, 3.63) is 58.9 Å². The predicted molar refractivity (Wildman–Crippen MR) is 144 cm³/mol. The predicted octanol–water partition coefficient (Wildman–Crippen LogP) is 3.50. The maximum atomic E-state index is 15.4. The van der Waals surface area contributed by atoms with E-state index in [1.165, 1.54) is 20.3 Å². The van der Waals surface area contributed by atoms with Gasteiger partial charge in [0.1, 0.15) is 5.69 Å². The van der Waals surface area contributed by atoms with E-state index in [-0.39, 0.29) is 24.1 Å². The van der Waals surface area contributed by atoms with Crippen molar-refractivity contribution in [1.29, 1.82) is 0 Å².